The minimum Gasteiger partial charge on any atom is -0.342 e. The first kappa shape index (κ1) is 11.8. The van der Waals surface area contributed by atoms with Crippen molar-refractivity contribution in [2.24, 2.45) is 11.8 Å². The van der Waals surface area contributed by atoms with E-state index in [2.05, 4.69) is 36.1 Å². The largest absolute Gasteiger partial charge is 0.342 e. The first-order valence-corrected chi connectivity index (χ1v) is 7.12. The van der Waals surface area contributed by atoms with Gasteiger partial charge in [-0.05, 0) is 42.2 Å². The Balaban J connectivity index is 1.49. The topological polar surface area (TPSA) is 20.3 Å². The molecule has 2 nitrogen and oxygen atoms in total. The SMILES string of the molecule is CCc1ccc(CCC(=O)N2CC3CC3C2)cc1. The number of likely N-dealkylation sites (tertiary alicyclic amines) is 1. The third-order valence-electron chi connectivity index (χ3n) is 4.39. The fourth-order valence-corrected chi connectivity index (χ4v) is 2.95. The summed E-state index contributed by atoms with van der Waals surface area (Å²) in [5.41, 5.74) is 2.65. The Bertz CT molecular complexity index is 427. The van der Waals surface area contributed by atoms with Crippen LogP contribution >= 0.6 is 0 Å². The van der Waals surface area contributed by atoms with Gasteiger partial charge in [-0.25, -0.2) is 0 Å². The van der Waals surface area contributed by atoms with E-state index >= 15 is 0 Å². The van der Waals surface area contributed by atoms with Crippen LogP contribution in [-0.4, -0.2) is 23.9 Å². The fourth-order valence-electron chi connectivity index (χ4n) is 2.95. The fraction of sp³-hybridized carbons (Fsp3) is 0.562. The zero-order valence-electron chi connectivity index (χ0n) is 11.1. The smallest absolute Gasteiger partial charge is 0.222 e. The van der Waals surface area contributed by atoms with Gasteiger partial charge < -0.3 is 4.90 Å². The molecule has 0 N–H and O–H groups in total. The lowest BCUT2D eigenvalue weighted by molar-refractivity contribution is -0.130. The van der Waals surface area contributed by atoms with Crippen LogP contribution in [-0.2, 0) is 17.6 Å². The van der Waals surface area contributed by atoms with Crippen LogP contribution in [0.2, 0.25) is 0 Å². The monoisotopic (exact) mass is 243 g/mol. The number of rotatable bonds is 4. The Labute approximate surface area is 109 Å². The third-order valence-corrected chi connectivity index (χ3v) is 4.39. The number of amides is 1. The molecule has 1 heterocycles. The molecule has 0 radical (unpaired) electrons. The molecule has 3 rings (SSSR count). The first-order chi connectivity index (χ1) is 8.76. The van der Waals surface area contributed by atoms with Gasteiger partial charge in [0.25, 0.3) is 0 Å². The number of nitrogens with zero attached hydrogens (tertiary/aromatic N) is 1. The van der Waals surface area contributed by atoms with Crippen molar-refractivity contribution in [3.05, 3.63) is 35.4 Å². The van der Waals surface area contributed by atoms with E-state index in [-0.39, 0.29) is 0 Å². The van der Waals surface area contributed by atoms with Crippen molar-refractivity contribution in [1.82, 2.24) is 4.90 Å². The van der Waals surface area contributed by atoms with Crippen molar-refractivity contribution in [1.29, 1.82) is 0 Å². The van der Waals surface area contributed by atoms with Crippen LogP contribution in [0.15, 0.2) is 24.3 Å². The molecule has 1 aromatic rings. The van der Waals surface area contributed by atoms with Gasteiger partial charge in [-0.1, -0.05) is 31.2 Å². The minimum atomic E-state index is 0.349. The first-order valence-electron chi connectivity index (χ1n) is 7.12. The molecular weight excluding hydrogens is 222 g/mol. The predicted molar refractivity (Wildman–Crippen MR) is 72.3 cm³/mol. The number of fused-ring (bicyclic) bond motifs is 1. The van der Waals surface area contributed by atoms with Gasteiger partial charge in [-0.2, -0.15) is 0 Å². The molecule has 1 saturated carbocycles. The normalized spacial score (nSPS) is 25.1. The second-order valence-electron chi connectivity index (χ2n) is 5.72. The van der Waals surface area contributed by atoms with Crippen molar-refractivity contribution in [3.63, 3.8) is 0 Å². The molecular formula is C16H21NO. The molecule has 2 unspecified atom stereocenters. The van der Waals surface area contributed by atoms with Crippen LogP contribution in [0.4, 0.5) is 0 Å². The molecule has 0 aromatic heterocycles. The third kappa shape index (κ3) is 2.43. The van der Waals surface area contributed by atoms with E-state index in [4.69, 9.17) is 0 Å². The quantitative estimate of drug-likeness (QED) is 0.796. The van der Waals surface area contributed by atoms with Crippen LogP contribution in [0.5, 0.6) is 0 Å². The molecule has 0 bridgehead atoms. The van der Waals surface area contributed by atoms with E-state index in [0.717, 1.165) is 37.8 Å². The molecule has 18 heavy (non-hydrogen) atoms. The van der Waals surface area contributed by atoms with Gasteiger partial charge >= 0.3 is 0 Å². The van der Waals surface area contributed by atoms with E-state index in [0.29, 0.717) is 12.3 Å². The maximum absolute atomic E-state index is 12.0. The summed E-state index contributed by atoms with van der Waals surface area (Å²) in [6.07, 6.45) is 4.00. The van der Waals surface area contributed by atoms with Crippen molar-refractivity contribution >= 4 is 5.91 Å². The highest BCUT2D eigenvalue weighted by molar-refractivity contribution is 5.77. The molecule has 1 aliphatic heterocycles. The Hall–Kier alpha value is -1.31. The van der Waals surface area contributed by atoms with E-state index < -0.39 is 0 Å². The van der Waals surface area contributed by atoms with Gasteiger partial charge in [0, 0.05) is 19.5 Å². The standard InChI is InChI=1S/C16H21NO/c1-2-12-3-5-13(6-4-12)7-8-16(18)17-10-14-9-15(14)11-17/h3-6,14-15H,2,7-11H2,1H3. The highest BCUT2D eigenvalue weighted by Crippen LogP contribution is 2.44. The van der Waals surface area contributed by atoms with Crippen LogP contribution in [0.1, 0.15) is 30.9 Å². The number of carbonyl (C=O) groups excluding carboxylic acids is 1. The number of hydrogen-bond donors (Lipinski definition) is 0. The second-order valence-corrected chi connectivity index (χ2v) is 5.72. The van der Waals surface area contributed by atoms with E-state index in [1.165, 1.54) is 17.5 Å². The summed E-state index contributed by atoms with van der Waals surface area (Å²) in [5.74, 6) is 2.04. The highest BCUT2D eigenvalue weighted by atomic mass is 16.2. The van der Waals surface area contributed by atoms with Gasteiger partial charge in [-0.15, -0.1) is 0 Å². The Morgan fingerprint density at radius 3 is 2.39 bits per heavy atom. The molecule has 1 saturated heterocycles. The molecule has 96 valence electrons. The van der Waals surface area contributed by atoms with E-state index in [1.807, 2.05) is 0 Å². The van der Waals surface area contributed by atoms with Crippen LogP contribution in [0.25, 0.3) is 0 Å². The highest BCUT2D eigenvalue weighted by Gasteiger charge is 2.46. The summed E-state index contributed by atoms with van der Waals surface area (Å²) in [5, 5.41) is 0. The lowest BCUT2D eigenvalue weighted by Gasteiger charge is -2.17. The summed E-state index contributed by atoms with van der Waals surface area (Å²) in [7, 11) is 0. The molecule has 2 fully saturated rings. The summed E-state index contributed by atoms with van der Waals surface area (Å²) in [4.78, 5) is 14.1. The van der Waals surface area contributed by atoms with Gasteiger partial charge in [-0.3, -0.25) is 4.79 Å². The van der Waals surface area contributed by atoms with Crippen molar-refractivity contribution < 1.29 is 4.79 Å². The van der Waals surface area contributed by atoms with Crippen LogP contribution in [0, 0.1) is 11.8 Å². The number of benzene rings is 1. The van der Waals surface area contributed by atoms with Crippen LogP contribution in [0.3, 0.4) is 0 Å². The van der Waals surface area contributed by atoms with Gasteiger partial charge in [0.1, 0.15) is 0 Å². The number of hydrogen-bond acceptors (Lipinski definition) is 1. The van der Waals surface area contributed by atoms with Gasteiger partial charge in [0.2, 0.25) is 5.91 Å². The summed E-state index contributed by atoms with van der Waals surface area (Å²) in [6.45, 7) is 4.22. The van der Waals surface area contributed by atoms with Gasteiger partial charge in [0.05, 0.1) is 0 Å². The molecule has 0 spiro atoms. The lowest BCUT2D eigenvalue weighted by atomic mass is 10.1. The van der Waals surface area contributed by atoms with Crippen molar-refractivity contribution in [2.45, 2.75) is 32.6 Å². The molecule has 2 heteroatoms. The summed E-state index contributed by atoms with van der Waals surface area (Å²) < 4.78 is 0. The minimum absolute atomic E-state index is 0.349. The zero-order chi connectivity index (χ0) is 12.5. The lowest BCUT2D eigenvalue weighted by Crippen LogP contribution is -2.30. The van der Waals surface area contributed by atoms with Crippen molar-refractivity contribution in [2.75, 3.05) is 13.1 Å². The molecule has 2 aliphatic rings. The average Bonchev–Trinajstić information content (AvgIpc) is 3.03. The average molecular weight is 243 g/mol. The van der Waals surface area contributed by atoms with E-state index in [1.54, 1.807) is 0 Å². The number of piperidine rings is 1. The Kier molecular flexibility index (Phi) is 3.11. The second kappa shape index (κ2) is 4.75. The van der Waals surface area contributed by atoms with Gasteiger partial charge in [0.15, 0.2) is 0 Å². The van der Waals surface area contributed by atoms with Crippen molar-refractivity contribution in [3.8, 4) is 0 Å². The Morgan fingerprint density at radius 2 is 1.78 bits per heavy atom. The van der Waals surface area contributed by atoms with Crippen LogP contribution < -0.4 is 0 Å². The molecule has 2 atom stereocenters. The Morgan fingerprint density at radius 1 is 1.17 bits per heavy atom. The zero-order valence-corrected chi connectivity index (χ0v) is 11.1. The summed E-state index contributed by atoms with van der Waals surface area (Å²) >= 11 is 0. The van der Waals surface area contributed by atoms with E-state index in [9.17, 15) is 4.79 Å². The predicted octanol–water partition coefficient (Wildman–Crippen LogP) is 2.66. The number of aryl methyl sites for hydroxylation is 2. The molecule has 1 aliphatic carbocycles. The number of carbonyl (C=O) groups is 1. The molecule has 1 aromatic carbocycles. The maximum atomic E-state index is 12.0. The summed E-state index contributed by atoms with van der Waals surface area (Å²) in [6, 6.07) is 8.66. The molecule has 1 amide bonds. The maximum Gasteiger partial charge on any atom is 0.222 e.